The normalized spacial score (nSPS) is 24.8. The summed E-state index contributed by atoms with van der Waals surface area (Å²) in [5.74, 6) is -6.86. The fourth-order valence-electron chi connectivity index (χ4n) is 4.44. The molecule has 0 aliphatic carbocycles. The van der Waals surface area contributed by atoms with E-state index in [9.17, 15) is 31.9 Å². The maximum absolute atomic E-state index is 14.5. The number of benzene rings is 1. The molecule has 1 aromatic carbocycles. The highest BCUT2D eigenvalue weighted by atomic mass is 19.4. The van der Waals surface area contributed by atoms with Crippen LogP contribution in [0.1, 0.15) is 57.9 Å². The molecule has 0 radical (unpaired) electrons. The molecule has 12 heteroatoms. The standard InChI is InChI=1S/C26H32F5N3O4/c1-13-19(15-8-9-16(27)20(28)21(15)37-6)22(38-25(13,5)26(29,30)31)23(36)34-14-7-10-17(32-11-14)18(35)12-33-24(2,3)4/h7-11,13,18-19,22,33,35H,12H2,1-6H3,(H,34,36)/t13-,18-,19-,22+,25+/m0/s1. The molecule has 38 heavy (non-hydrogen) atoms. The van der Waals surface area contributed by atoms with E-state index in [1.165, 1.54) is 25.3 Å². The highest BCUT2D eigenvalue weighted by Gasteiger charge is 2.65. The van der Waals surface area contributed by atoms with Crippen LogP contribution in [0.5, 0.6) is 5.75 Å². The van der Waals surface area contributed by atoms with Crippen LogP contribution in [-0.4, -0.2) is 53.1 Å². The Hall–Kier alpha value is -2.83. The Balaban J connectivity index is 1.90. The van der Waals surface area contributed by atoms with Crippen LogP contribution in [0.4, 0.5) is 27.6 Å². The average Bonchev–Trinajstić information content (AvgIpc) is 3.11. The molecule has 7 nitrogen and oxygen atoms in total. The van der Waals surface area contributed by atoms with Crippen molar-refractivity contribution in [2.45, 2.75) is 70.1 Å². The molecule has 3 rings (SSSR count). The number of anilines is 1. The van der Waals surface area contributed by atoms with Crippen molar-refractivity contribution in [1.82, 2.24) is 10.3 Å². The van der Waals surface area contributed by atoms with Gasteiger partial charge in [0.05, 0.1) is 24.7 Å². The number of aliphatic hydroxyl groups excluding tert-OH is 1. The summed E-state index contributed by atoms with van der Waals surface area (Å²) in [5, 5.41) is 16.0. The number of aromatic nitrogens is 1. The van der Waals surface area contributed by atoms with E-state index in [1.54, 1.807) is 0 Å². The summed E-state index contributed by atoms with van der Waals surface area (Å²) in [6.07, 6.45) is -6.28. The number of carbonyl (C=O) groups excluding carboxylic acids is 1. The number of alkyl halides is 3. The lowest BCUT2D eigenvalue weighted by atomic mass is 9.77. The Morgan fingerprint density at radius 3 is 2.39 bits per heavy atom. The maximum atomic E-state index is 14.5. The quantitative estimate of drug-likeness (QED) is 0.430. The van der Waals surface area contributed by atoms with Crippen molar-refractivity contribution < 1.29 is 41.3 Å². The topological polar surface area (TPSA) is 92.7 Å². The van der Waals surface area contributed by atoms with Gasteiger partial charge in [0.25, 0.3) is 5.91 Å². The molecular formula is C26H32F5N3O4. The fourth-order valence-corrected chi connectivity index (χ4v) is 4.44. The van der Waals surface area contributed by atoms with Gasteiger partial charge in [0.1, 0.15) is 12.2 Å². The van der Waals surface area contributed by atoms with Crippen LogP contribution in [0.2, 0.25) is 0 Å². The Morgan fingerprint density at radius 2 is 1.87 bits per heavy atom. The third-order valence-electron chi connectivity index (χ3n) is 6.79. The van der Waals surface area contributed by atoms with Crippen LogP contribution in [-0.2, 0) is 9.53 Å². The summed E-state index contributed by atoms with van der Waals surface area (Å²) in [6, 6.07) is 4.77. The zero-order chi connectivity index (χ0) is 28.6. The molecule has 0 spiro atoms. The number of pyridine rings is 1. The van der Waals surface area contributed by atoms with E-state index in [2.05, 4.69) is 15.6 Å². The number of β-amino-alcohol motifs (C(OH)–C–C–N with tert-alkyl or cyclic N) is 1. The first kappa shape index (κ1) is 29.7. The molecule has 1 aromatic heterocycles. The molecule has 2 aromatic rings. The van der Waals surface area contributed by atoms with Gasteiger partial charge in [-0.3, -0.25) is 9.78 Å². The molecule has 5 atom stereocenters. The summed E-state index contributed by atoms with van der Waals surface area (Å²) in [6.45, 7) is 8.08. The largest absolute Gasteiger partial charge is 0.493 e. The monoisotopic (exact) mass is 545 g/mol. The van der Waals surface area contributed by atoms with Crippen molar-refractivity contribution in [3.63, 3.8) is 0 Å². The summed E-state index contributed by atoms with van der Waals surface area (Å²) >= 11 is 0. The van der Waals surface area contributed by atoms with E-state index in [-0.39, 0.29) is 23.3 Å². The van der Waals surface area contributed by atoms with Crippen molar-refractivity contribution >= 4 is 11.6 Å². The van der Waals surface area contributed by atoms with Crippen molar-refractivity contribution in [1.29, 1.82) is 0 Å². The summed E-state index contributed by atoms with van der Waals surface area (Å²) in [5.41, 5.74) is -2.66. The van der Waals surface area contributed by atoms with Gasteiger partial charge in [0.15, 0.2) is 17.2 Å². The van der Waals surface area contributed by atoms with E-state index >= 15 is 0 Å². The van der Waals surface area contributed by atoms with Crippen molar-refractivity contribution in [2.75, 3.05) is 19.0 Å². The second-order valence-electron chi connectivity index (χ2n) is 10.5. The molecule has 1 fully saturated rings. The Morgan fingerprint density at radius 1 is 1.21 bits per heavy atom. The minimum atomic E-state index is -4.87. The number of hydrogen-bond acceptors (Lipinski definition) is 6. The number of methoxy groups -OCH3 is 1. The molecule has 1 aliphatic rings. The molecule has 210 valence electrons. The lowest BCUT2D eigenvalue weighted by molar-refractivity contribution is -0.272. The zero-order valence-electron chi connectivity index (χ0n) is 21.9. The average molecular weight is 546 g/mol. The summed E-state index contributed by atoms with van der Waals surface area (Å²) < 4.78 is 80.8. The number of ether oxygens (including phenoxy) is 2. The first-order valence-electron chi connectivity index (χ1n) is 12.0. The molecule has 1 amide bonds. The Labute approximate surface area is 217 Å². The summed E-state index contributed by atoms with van der Waals surface area (Å²) in [4.78, 5) is 17.4. The van der Waals surface area contributed by atoms with E-state index in [0.29, 0.717) is 5.69 Å². The molecule has 1 aliphatic heterocycles. The smallest absolute Gasteiger partial charge is 0.417 e. The van der Waals surface area contributed by atoms with Gasteiger partial charge < -0.3 is 25.2 Å². The van der Waals surface area contributed by atoms with Gasteiger partial charge in [-0.05, 0) is 45.9 Å². The number of nitrogens with one attached hydrogen (secondary N) is 2. The van der Waals surface area contributed by atoms with Crippen LogP contribution in [0.3, 0.4) is 0 Å². The number of rotatable bonds is 7. The molecule has 1 saturated heterocycles. The highest BCUT2D eigenvalue weighted by molar-refractivity contribution is 5.95. The van der Waals surface area contributed by atoms with Crippen LogP contribution < -0.4 is 15.4 Å². The second-order valence-corrected chi connectivity index (χ2v) is 10.5. The molecule has 0 saturated carbocycles. The lowest BCUT2D eigenvalue weighted by Crippen LogP contribution is -2.47. The molecule has 0 bridgehead atoms. The van der Waals surface area contributed by atoms with Crippen LogP contribution in [0.25, 0.3) is 0 Å². The van der Waals surface area contributed by atoms with Crippen molar-refractivity contribution in [3.05, 3.63) is 53.4 Å². The predicted octanol–water partition coefficient (Wildman–Crippen LogP) is 4.87. The van der Waals surface area contributed by atoms with Crippen molar-refractivity contribution in [3.8, 4) is 5.75 Å². The van der Waals surface area contributed by atoms with Crippen LogP contribution in [0.15, 0.2) is 30.5 Å². The number of halogens is 5. The van der Waals surface area contributed by atoms with Gasteiger partial charge in [0.2, 0.25) is 5.82 Å². The van der Waals surface area contributed by atoms with E-state index in [0.717, 1.165) is 26.2 Å². The number of amides is 1. The molecule has 2 heterocycles. The number of nitrogens with zero attached hydrogens (tertiary/aromatic N) is 1. The van der Waals surface area contributed by atoms with E-state index in [4.69, 9.17) is 9.47 Å². The minimum Gasteiger partial charge on any atom is -0.493 e. The van der Waals surface area contributed by atoms with Crippen molar-refractivity contribution in [2.24, 2.45) is 5.92 Å². The number of aliphatic hydroxyl groups is 1. The predicted molar refractivity (Wildman–Crippen MR) is 130 cm³/mol. The first-order valence-corrected chi connectivity index (χ1v) is 12.0. The van der Waals surface area contributed by atoms with Crippen LogP contribution in [0, 0.1) is 17.6 Å². The summed E-state index contributed by atoms with van der Waals surface area (Å²) in [7, 11) is 1.05. The highest BCUT2D eigenvalue weighted by Crippen LogP contribution is 2.55. The van der Waals surface area contributed by atoms with Gasteiger partial charge in [-0.15, -0.1) is 0 Å². The van der Waals surface area contributed by atoms with Gasteiger partial charge in [-0.25, -0.2) is 4.39 Å². The van der Waals surface area contributed by atoms with E-state index in [1.807, 2.05) is 20.8 Å². The van der Waals surface area contributed by atoms with Gasteiger partial charge in [0, 0.05) is 29.5 Å². The maximum Gasteiger partial charge on any atom is 0.417 e. The van der Waals surface area contributed by atoms with Crippen LogP contribution >= 0.6 is 0 Å². The number of carbonyl (C=O) groups is 1. The third-order valence-corrected chi connectivity index (χ3v) is 6.79. The van der Waals surface area contributed by atoms with Gasteiger partial charge in [-0.2, -0.15) is 17.6 Å². The molecule has 3 N–H and O–H groups in total. The SMILES string of the molecule is COc1c([C@H]2[C@H](C(=O)Nc3ccc([C@@H](O)CNC(C)(C)C)nc3)O[C@@](C)(C(F)(F)F)[C@H]2C)ccc(F)c1F. The van der Waals surface area contributed by atoms with Gasteiger partial charge >= 0.3 is 6.18 Å². The minimum absolute atomic E-state index is 0.130. The molecular weight excluding hydrogens is 513 g/mol. The number of hydrogen-bond donors (Lipinski definition) is 3. The fraction of sp³-hybridized carbons (Fsp3) is 0.538. The van der Waals surface area contributed by atoms with Gasteiger partial charge in [-0.1, -0.05) is 13.0 Å². The lowest BCUT2D eigenvalue weighted by Gasteiger charge is -2.32. The third kappa shape index (κ3) is 5.92. The second kappa shape index (κ2) is 10.7. The molecule has 0 unspecified atom stereocenters. The van der Waals surface area contributed by atoms with E-state index < -0.39 is 59.1 Å². The first-order chi connectivity index (χ1) is 17.5. The Bertz CT molecular complexity index is 1150. The Kier molecular flexibility index (Phi) is 8.40. The zero-order valence-corrected chi connectivity index (χ0v) is 21.9.